The predicted molar refractivity (Wildman–Crippen MR) is 71.1 cm³/mol. The Morgan fingerprint density at radius 3 is 2.76 bits per heavy atom. The van der Waals surface area contributed by atoms with Crippen LogP contribution in [0.2, 0.25) is 0 Å². The predicted octanol–water partition coefficient (Wildman–Crippen LogP) is 3.77. The van der Waals surface area contributed by atoms with E-state index in [1.165, 1.54) is 0 Å². The van der Waals surface area contributed by atoms with E-state index in [0.717, 1.165) is 21.4 Å². The van der Waals surface area contributed by atoms with Gasteiger partial charge in [-0.1, -0.05) is 22.0 Å². The number of nitrogens with one attached hydrogen (secondary N) is 1. The first-order chi connectivity index (χ1) is 8.22. The maximum absolute atomic E-state index is 8.96. The van der Waals surface area contributed by atoms with Crippen LogP contribution in [0, 0.1) is 18.3 Å². The van der Waals surface area contributed by atoms with Gasteiger partial charge in [0.1, 0.15) is 6.07 Å². The summed E-state index contributed by atoms with van der Waals surface area (Å²) in [6.45, 7) is 2.01. The molecule has 0 aliphatic carbocycles. The number of rotatable bonds is 2. The van der Waals surface area contributed by atoms with Crippen molar-refractivity contribution in [2.24, 2.45) is 0 Å². The Balaban J connectivity index is 2.39. The Hall–Kier alpha value is -1.86. The Morgan fingerprint density at radius 2 is 2.00 bits per heavy atom. The van der Waals surface area contributed by atoms with E-state index in [2.05, 4.69) is 32.3 Å². The number of nitrogens with zero attached hydrogens (tertiary/aromatic N) is 2. The quantitative estimate of drug-likeness (QED) is 0.915. The first kappa shape index (κ1) is 11.6. The van der Waals surface area contributed by atoms with Crippen LogP contribution in [0.1, 0.15) is 11.3 Å². The van der Waals surface area contributed by atoms with E-state index in [-0.39, 0.29) is 0 Å². The SMILES string of the molecule is Cc1c(Br)cccc1Nc1cccnc1C#N. The van der Waals surface area contributed by atoms with Gasteiger partial charge >= 0.3 is 0 Å². The van der Waals surface area contributed by atoms with E-state index in [4.69, 9.17) is 5.26 Å². The molecule has 0 fully saturated rings. The fourth-order valence-corrected chi connectivity index (χ4v) is 1.85. The average Bonchev–Trinajstić information content (AvgIpc) is 2.35. The standard InChI is InChI=1S/C13H10BrN3/c1-9-10(14)4-2-5-11(9)17-12-6-3-7-16-13(12)8-15/h2-7,17H,1H3. The summed E-state index contributed by atoms with van der Waals surface area (Å²) >= 11 is 3.47. The maximum atomic E-state index is 8.96. The van der Waals surface area contributed by atoms with Crippen molar-refractivity contribution in [3.05, 3.63) is 52.3 Å². The largest absolute Gasteiger partial charge is 0.353 e. The zero-order valence-electron chi connectivity index (χ0n) is 9.24. The van der Waals surface area contributed by atoms with E-state index >= 15 is 0 Å². The van der Waals surface area contributed by atoms with Crippen LogP contribution in [0.5, 0.6) is 0 Å². The summed E-state index contributed by atoms with van der Waals surface area (Å²) < 4.78 is 1.03. The topological polar surface area (TPSA) is 48.7 Å². The van der Waals surface area contributed by atoms with Crippen molar-refractivity contribution in [1.29, 1.82) is 5.26 Å². The van der Waals surface area contributed by atoms with Gasteiger partial charge in [-0.3, -0.25) is 0 Å². The van der Waals surface area contributed by atoms with Gasteiger partial charge in [0.15, 0.2) is 5.69 Å². The summed E-state index contributed by atoms with van der Waals surface area (Å²) in [4.78, 5) is 4.01. The number of hydrogen-bond donors (Lipinski definition) is 1. The van der Waals surface area contributed by atoms with Crippen molar-refractivity contribution >= 4 is 27.3 Å². The van der Waals surface area contributed by atoms with Crippen molar-refractivity contribution in [2.45, 2.75) is 6.92 Å². The van der Waals surface area contributed by atoms with Crippen LogP contribution < -0.4 is 5.32 Å². The van der Waals surface area contributed by atoms with Crippen LogP contribution in [0.15, 0.2) is 41.0 Å². The second kappa shape index (κ2) is 4.98. The third kappa shape index (κ3) is 2.45. The van der Waals surface area contributed by atoms with Crippen molar-refractivity contribution in [1.82, 2.24) is 4.98 Å². The summed E-state index contributed by atoms with van der Waals surface area (Å²) in [5.41, 5.74) is 3.17. The van der Waals surface area contributed by atoms with E-state index < -0.39 is 0 Å². The lowest BCUT2D eigenvalue weighted by Gasteiger charge is -2.11. The van der Waals surface area contributed by atoms with E-state index in [9.17, 15) is 0 Å². The minimum absolute atomic E-state index is 0.395. The summed E-state index contributed by atoms with van der Waals surface area (Å²) in [6, 6.07) is 11.6. The van der Waals surface area contributed by atoms with Crippen molar-refractivity contribution < 1.29 is 0 Å². The molecule has 0 bridgehead atoms. The van der Waals surface area contributed by atoms with Gasteiger partial charge in [-0.05, 0) is 36.8 Å². The highest BCUT2D eigenvalue weighted by Gasteiger charge is 2.05. The third-order valence-electron chi connectivity index (χ3n) is 2.45. The molecule has 0 saturated heterocycles. The van der Waals surface area contributed by atoms with E-state index in [0.29, 0.717) is 5.69 Å². The number of benzene rings is 1. The van der Waals surface area contributed by atoms with Crippen LogP contribution in [0.25, 0.3) is 0 Å². The van der Waals surface area contributed by atoms with Gasteiger partial charge < -0.3 is 5.32 Å². The molecule has 17 heavy (non-hydrogen) atoms. The molecule has 0 radical (unpaired) electrons. The number of nitriles is 1. The second-order valence-electron chi connectivity index (χ2n) is 3.55. The smallest absolute Gasteiger partial charge is 0.163 e. The lowest BCUT2D eigenvalue weighted by Crippen LogP contribution is -1.97. The van der Waals surface area contributed by atoms with Crippen LogP contribution in [-0.4, -0.2) is 4.98 Å². The van der Waals surface area contributed by atoms with Crippen molar-refractivity contribution in [3.63, 3.8) is 0 Å². The monoisotopic (exact) mass is 287 g/mol. The van der Waals surface area contributed by atoms with Gasteiger partial charge in [-0.2, -0.15) is 5.26 Å². The molecule has 4 heteroatoms. The molecule has 1 N–H and O–H groups in total. The number of halogens is 1. The van der Waals surface area contributed by atoms with Crippen molar-refractivity contribution in [2.75, 3.05) is 5.32 Å². The van der Waals surface area contributed by atoms with Gasteiger partial charge in [0.2, 0.25) is 0 Å². The summed E-state index contributed by atoms with van der Waals surface area (Å²) in [6.07, 6.45) is 1.61. The Kier molecular flexibility index (Phi) is 3.40. The molecule has 84 valence electrons. The lowest BCUT2D eigenvalue weighted by atomic mass is 10.2. The maximum Gasteiger partial charge on any atom is 0.163 e. The van der Waals surface area contributed by atoms with E-state index in [1.54, 1.807) is 12.3 Å². The highest BCUT2D eigenvalue weighted by Crippen LogP contribution is 2.27. The zero-order valence-corrected chi connectivity index (χ0v) is 10.8. The molecule has 0 spiro atoms. The van der Waals surface area contributed by atoms with E-state index in [1.807, 2.05) is 31.2 Å². The third-order valence-corrected chi connectivity index (χ3v) is 3.31. The second-order valence-corrected chi connectivity index (χ2v) is 4.40. The Morgan fingerprint density at radius 1 is 1.24 bits per heavy atom. The fraction of sp³-hybridized carbons (Fsp3) is 0.0769. The molecular weight excluding hydrogens is 278 g/mol. The molecule has 2 aromatic rings. The minimum Gasteiger partial charge on any atom is -0.353 e. The number of hydrogen-bond acceptors (Lipinski definition) is 3. The minimum atomic E-state index is 0.395. The van der Waals surface area contributed by atoms with Crippen LogP contribution in [0.4, 0.5) is 11.4 Å². The van der Waals surface area contributed by atoms with Crippen LogP contribution in [-0.2, 0) is 0 Å². The average molecular weight is 288 g/mol. The number of anilines is 2. The van der Waals surface area contributed by atoms with Gasteiger partial charge in [0.25, 0.3) is 0 Å². The Bertz CT molecular complexity index is 587. The first-order valence-electron chi connectivity index (χ1n) is 5.09. The van der Waals surface area contributed by atoms with Gasteiger partial charge in [0.05, 0.1) is 5.69 Å². The molecular formula is C13H10BrN3. The molecule has 1 aromatic heterocycles. The molecule has 0 aliphatic rings. The first-order valence-corrected chi connectivity index (χ1v) is 5.89. The van der Waals surface area contributed by atoms with Gasteiger partial charge in [-0.15, -0.1) is 0 Å². The molecule has 1 aromatic carbocycles. The van der Waals surface area contributed by atoms with Gasteiger partial charge in [0, 0.05) is 16.4 Å². The molecule has 3 nitrogen and oxygen atoms in total. The molecule has 0 saturated carbocycles. The number of pyridine rings is 1. The highest BCUT2D eigenvalue weighted by molar-refractivity contribution is 9.10. The molecule has 2 rings (SSSR count). The summed E-state index contributed by atoms with van der Waals surface area (Å²) in [5.74, 6) is 0. The van der Waals surface area contributed by atoms with Crippen LogP contribution >= 0.6 is 15.9 Å². The molecule has 0 unspecified atom stereocenters. The normalized spacial score (nSPS) is 9.71. The molecule has 0 aliphatic heterocycles. The summed E-state index contributed by atoms with van der Waals surface area (Å²) in [5, 5.41) is 12.2. The lowest BCUT2D eigenvalue weighted by molar-refractivity contribution is 1.26. The van der Waals surface area contributed by atoms with Crippen molar-refractivity contribution in [3.8, 4) is 6.07 Å². The fourth-order valence-electron chi connectivity index (χ4n) is 1.48. The zero-order chi connectivity index (χ0) is 12.3. The summed E-state index contributed by atoms with van der Waals surface area (Å²) in [7, 11) is 0. The molecule has 1 heterocycles. The van der Waals surface area contributed by atoms with Gasteiger partial charge in [-0.25, -0.2) is 4.98 Å². The molecule has 0 amide bonds. The van der Waals surface area contributed by atoms with Crippen LogP contribution in [0.3, 0.4) is 0 Å². The number of aromatic nitrogens is 1. The highest BCUT2D eigenvalue weighted by atomic mass is 79.9. The molecule has 0 atom stereocenters. The Labute approximate surface area is 108 Å².